The number of ether oxygens (including phenoxy) is 1. The van der Waals surface area contributed by atoms with Crippen molar-refractivity contribution in [2.45, 2.75) is 59.1 Å². The maximum atomic E-state index is 12.2. The van der Waals surface area contributed by atoms with E-state index in [4.69, 9.17) is 4.74 Å². The standard InChI is InChI=1S/C17H26N2O3/c1-11(2)13-9-7-8-10-14(13)19-15(20)12(3)18-16(21)22-17(4,5)6/h7-12H,1-6H3,(H,18,21)(H,19,20). The number of hydrogen-bond donors (Lipinski definition) is 2. The summed E-state index contributed by atoms with van der Waals surface area (Å²) in [6.07, 6.45) is -0.604. The molecule has 2 amide bonds. The highest BCUT2D eigenvalue weighted by molar-refractivity contribution is 5.96. The first-order valence-corrected chi connectivity index (χ1v) is 7.49. The number of benzene rings is 1. The number of para-hydroxylation sites is 1. The molecule has 0 spiro atoms. The lowest BCUT2D eigenvalue weighted by atomic mass is 10.0. The van der Waals surface area contributed by atoms with Crippen LogP contribution in [0.15, 0.2) is 24.3 Å². The van der Waals surface area contributed by atoms with Gasteiger partial charge in [-0.3, -0.25) is 4.79 Å². The van der Waals surface area contributed by atoms with Crippen LogP contribution in [0, 0.1) is 0 Å². The van der Waals surface area contributed by atoms with Gasteiger partial charge in [0.05, 0.1) is 0 Å². The second-order valence-electron chi connectivity index (χ2n) is 6.60. The van der Waals surface area contributed by atoms with Crippen molar-refractivity contribution in [2.75, 3.05) is 5.32 Å². The Labute approximate surface area is 132 Å². The van der Waals surface area contributed by atoms with Crippen LogP contribution in [0.1, 0.15) is 53.0 Å². The Balaban J connectivity index is 2.67. The Bertz CT molecular complexity index is 533. The predicted octanol–water partition coefficient (Wildman–Crippen LogP) is 3.66. The van der Waals surface area contributed by atoms with E-state index in [0.29, 0.717) is 5.92 Å². The minimum Gasteiger partial charge on any atom is -0.444 e. The van der Waals surface area contributed by atoms with Crippen LogP contribution in [0.3, 0.4) is 0 Å². The molecule has 0 saturated carbocycles. The van der Waals surface area contributed by atoms with Gasteiger partial charge in [0.1, 0.15) is 11.6 Å². The maximum absolute atomic E-state index is 12.2. The molecule has 2 N–H and O–H groups in total. The molecule has 1 atom stereocenters. The monoisotopic (exact) mass is 306 g/mol. The lowest BCUT2D eigenvalue weighted by Crippen LogP contribution is -2.44. The van der Waals surface area contributed by atoms with Crippen LogP contribution in [-0.2, 0) is 9.53 Å². The second kappa shape index (κ2) is 7.29. The highest BCUT2D eigenvalue weighted by atomic mass is 16.6. The number of nitrogens with one attached hydrogen (secondary N) is 2. The molecule has 0 bridgehead atoms. The number of amides is 2. The average Bonchev–Trinajstić information content (AvgIpc) is 2.36. The molecular weight excluding hydrogens is 280 g/mol. The molecule has 0 fully saturated rings. The van der Waals surface area contributed by atoms with E-state index >= 15 is 0 Å². The summed E-state index contributed by atoms with van der Waals surface area (Å²) in [5.74, 6) is 0.0181. The summed E-state index contributed by atoms with van der Waals surface area (Å²) in [4.78, 5) is 23.9. The zero-order chi connectivity index (χ0) is 16.9. The van der Waals surface area contributed by atoms with E-state index in [2.05, 4.69) is 24.5 Å². The van der Waals surface area contributed by atoms with E-state index in [1.54, 1.807) is 27.7 Å². The summed E-state index contributed by atoms with van der Waals surface area (Å²) in [6, 6.07) is 6.95. The van der Waals surface area contributed by atoms with Gasteiger partial charge in [0, 0.05) is 5.69 Å². The summed E-state index contributed by atoms with van der Waals surface area (Å²) >= 11 is 0. The predicted molar refractivity (Wildman–Crippen MR) is 88.0 cm³/mol. The van der Waals surface area contributed by atoms with Crippen LogP contribution < -0.4 is 10.6 Å². The lowest BCUT2D eigenvalue weighted by Gasteiger charge is -2.22. The fraction of sp³-hybridized carbons (Fsp3) is 0.529. The van der Waals surface area contributed by atoms with Crippen molar-refractivity contribution in [3.8, 4) is 0 Å². The fourth-order valence-electron chi connectivity index (χ4n) is 1.91. The van der Waals surface area contributed by atoms with Crippen LogP contribution in [0.25, 0.3) is 0 Å². The van der Waals surface area contributed by atoms with Gasteiger partial charge < -0.3 is 15.4 Å². The molecule has 22 heavy (non-hydrogen) atoms. The first-order valence-electron chi connectivity index (χ1n) is 7.49. The van der Waals surface area contributed by atoms with E-state index in [0.717, 1.165) is 11.3 Å². The first kappa shape index (κ1) is 18.0. The number of carbonyl (C=O) groups is 2. The zero-order valence-electron chi connectivity index (χ0n) is 14.2. The van der Waals surface area contributed by atoms with Gasteiger partial charge in [0.2, 0.25) is 5.91 Å². The third kappa shape index (κ3) is 5.76. The molecule has 1 rings (SSSR count). The van der Waals surface area contributed by atoms with E-state index in [1.165, 1.54) is 0 Å². The summed E-state index contributed by atoms with van der Waals surface area (Å²) in [5, 5.41) is 5.38. The smallest absolute Gasteiger partial charge is 0.408 e. The summed E-state index contributed by atoms with van der Waals surface area (Å²) < 4.78 is 5.14. The Morgan fingerprint density at radius 1 is 1.09 bits per heavy atom. The zero-order valence-corrected chi connectivity index (χ0v) is 14.2. The van der Waals surface area contributed by atoms with Gasteiger partial charge in [-0.2, -0.15) is 0 Å². The molecule has 1 unspecified atom stereocenters. The summed E-state index contributed by atoms with van der Waals surface area (Å²) in [6.45, 7) is 11.1. The molecule has 1 aromatic carbocycles. The minimum atomic E-state index is -0.685. The normalized spacial score (nSPS) is 12.7. The number of rotatable bonds is 4. The van der Waals surface area contributed by atoms with Crippen molar-refractivity contribution in [1.29, 1.82) is 0 Å². The van der Waals surface area contributed by atoms with Crippen molar-refractivity contribution in [2.24, 2.45) is 0 Å². The fourth-order valence-corrected chi connectivity index (χ4v) is 1.91. The van der Waals surface area contributed by atoms with E-state index in [9.17, 15) is 9.59 Å². The third-order valence-corrected chi connectivity index (χ3v) is 2.97. The molecular formula is C17H26N2O3. The molecule has 0 heterocycles. The molecule has 0 radical (unpaired) electrons. The van der Waals surface area contributed by atoms with Gasteiger partial charge in [-0.25, -0.2) is 4.79 Å². The molecule has 5 heteroatoms. The molecule has 0 aromatic heterocycles. The highest BCUT2D eigenvalue weighted by Crippen LogP contribution is 2.23. The van der Waals surface area contributed by atoms with E-state index in [1.807, 2.05) is 24.3 Å². The summed E-state index contributed by atoms with van der Waals surface area (Å²) in [5.41, 5.74) is 1.23. The average molecular weight is 306 g/mol. The van der Waals surface area contributed by atoms with Gasteiger partial charge in [0.15, 0.2) is 0 Å². The van der Waals surface area contributed by atoms with Gasteiger partial charge >= 0.3 is 6.09 Å². The van der Waals surface area contributed by atoms with Gasteiger partial charge in [0.25, 0.3) is 0 Å². The molecule has 0 aliphatic heterocycles. The third-order valence-electron chi connectivity index (χ3n) is 2.97. The topological polar surface area (TPSA) is 67.4 Å². The number of hydrogen-bond acceptors (Lipinski definition) is 3. The van der Waals surface area contributed by atoms with Gasteiger partial charge in [-0.05, 0) is 45.2 Å². The second-order valence-corrected chi connectivity index (χ2v) is 6.60. The van der Waals surface area contributed by atoms with Crippen molar-refractivity contribution < 1.29 is 14.3 Å². The number of alkyl carbamates (subject to hydrolysis) is 1. The van der Waals surface area contributed by atoms with Crippen molar-refractivity contribution in [3.05, 3.63) is 29.8 Å². The molecule has 122 valence electrons. The minimum absolute atomic E-state index is 0.279. The maximum Gasteiger partial charge on any atom is 0.408 e. The number of anilines is 1. The highest BCUT2D eigenvalue weighted by Gasteiger charge is 2.21. The van der Waals surface area contributed by atoms with Crippen LogP contribution in [0.5, 0.6) is 0 Å². The molecule has 0 saturated heterocycles. The van der Waals surface area contributed by atoms with Crippen molar-refractivity contribution in [3.63, 3.8) is 0 Å². The van der Waals surface area contributed by atoms with Crippen LogP contribution >= 0.6 is 0 Å². The van der Waals surface area contributed by atoms with Gasteiger partial charge in [-0.15, -0.1) is 0 Å². The quantitative estimate of drug-likeness (QED) is 0.892. The largest absolute Gasteiger partial charge is 0.444 e. The Kier molecular flexibility index (Phi) is 5.97. The summed E-state index contributed by atoms with van der Waals surface area (Å²) in [7, 11) is 0. The molecule has 5 nitrogen and oxygen atoms in total. The Morgan fingerprint density at radius 3 is 2.23 bits per heavy atom. The first-order chi connectivity index (χ1) is 10.1. The molecule has 0 aliphatic rings. The Morgan fingerprint density at radius 2 is 1.68 bits per heavy atom. The number of carbonyl (C=O) groups excluding carboxylic acids is 2. The van der Waals surface area contributed by atoms with Crippen LogP contribution in [0.4, 0.5) is 10.5 Å². The molecule has 0 aliphatic carbocycles. The van der Waals surface area contributed by atoms with Crippen LogP contribution in [-0.4, -0.2) is 23.6 Å². The van der Waals surface area contributed by atoms with E-state index < -0.39 is 17.7 Å². The SMILES string of the molecule is CC(NC(=O)OC(C)(C)C)C(=O)Nc1ccccc1C(C)C. The van der Waals surface area contributed by atoms with E-state index in [-0.39, 0.29) is 5.91 Å². The van der Waals surface area contributed by atoms with Crippen molar-refractivity contribution >= 4 is 17.7 Å². The Hall–Kier alpha value is -2.04. The molecule has 1 aromatic rings. The van der Waals surface area contributed by atoms with Crippen molar-refractivity contribution in [1.82, 2.24) is 5.32 Å². The van der Waals surface area contributed by atoms with Crippen LogP contribution in [0.2, 0.25) is 0 Å². The lowest BCUT2D eigenvalue weighted by molar-refractivity contribution is -0.117. The van der Waals surface area contributed by atoms with Gasteiger partial charge in [-0.1, -0.05) is 32.0 Å².